The first-order chi connectivity index (χ1) is 14.9. The molecule has 0 bridgehead atoms. The minimum Gasteiger partial charge on any atom is -0.506 e. The standard InChI is InChI=1S/C23H27F3N4O2/c1-21(2,3)20(32)30-18-15(31)7-6-13(23(24,25)26)16(18)22(8-11-28-12-9-22)19(30)17-14(27)5-4-10-29-17/h4-7,10,19,28,31H,8-9,11-12,27H2,1-3H3. The Bertz CT molecular complexity index is 1060. The van der Waals surface area contributed by atoms with E-state index in [-0.39, 0.29) is 17.0 Å². The molecule has 9 heteroatoms. The number of nitrogens with one attached hydrogen (secondary N) is 1. The maximum Gasteiger partial charge on any atom is 0.416 e. The molecule has 172 valence electrons. The van der Waals surface area contributed by atoms with Gasteiger partial charge in [0.1, 0.15) is 5.75 Å². The normalized spacial score (nSPS) is 20.4. The second kappa shape index (κ2) is 7.37. The van der Waals surface area contributed by atoms with E-state index in [4.69, 9.17) is 5.73 Å². The number of rotatable bonds is 1. The number of anilines is 2. The van der Waals surface area contributed by atoms with Crippen molar-refractivity contribution in [3.8, 4) is 5.75 Å². The summed E-state index contributed by atoms with van der Waals surface area (Å²) < 4.78 is 42.7. The summed E-state index contributed by atoms with van der Waals surface area (Å²) in [6.45, 7) is 6.03. The van der Waals surface area contributed by atoms with Gasteiger partial charge in [-0.15, -0.1) is 0 Å². The number of nitrogen functional groups attached to an aromatic ring is 1. The van der Waals surface area contributed by atoms with E-state index >= 15 is 0 Å². The molecule has 1 unspecified atom stereocenters. The van der Waals surface area contributed by atoms with Gasteiger partial charge in [-0.3, -0.25) is 14.7 Å². The number of halogens is 3. The first-order valence-electron chi connectivity index (χ1n) is 10.6. The van der Waals surface area contributed by atoms with Crippen molar-refractivity contribution in [3.63, 3.8) is 0 Å². The Hall–Kier alpha value is -2.81. The van der Waals surface area contributed by atoms with Crippen LogP contribution in [-0.2, 0) is 16.4 Å². The number of benzene rings is 1. The summed E-state index contributed by atoms with van der Waals surface area (Å²) in [7, 11) is 0. The lowest BCUT2D eigenvalue weighted by atomic mass is 9.67. The summed E-state index contributed by atoms with van der Waals surface area (Å²) >= 11 is 0. The van der Waals surface area contributed by atoms with Crippen LogP contribution in [0.3, 0.4) is 0 Å². The molecule has 1 aromatic heterocycles. The Kier molecular flexibility index (Phi) is 5.15. The number of nitrogens with two attached hydrogens (primary N) is 1. The van der Waals surface area contributed by atoms with Crippen molar-refractivity contribution in [3.05, 3.63) is 47.3 Å². The van der Waals surface area contributed by atoms with Crippen molar-refractivity contribution in [1.29, 1.82) is 0 Å². The molecule has 1 spiro atoms. The van der Waals surface area contributed by atoms with Crippen LogP contribution in [0.5, 0.6) is 5.75 Å². The summed E-state index contributed by atoms with van der Waals surface area (Å²) in [4.78, 5) is 19.5. The third kappa shape index (κ3) is 3.30. The molecule has 6 nitrogen and oxygen atoms in total. The van der Waals surface area contributed by atoms with Crippen LogP contribution in [-0.4, -0.2) is 29.1 Å². The first-order valence-corrected chi connectivity index (χ1v) is 10.6. The zero-order chi connectivity index (χ0) is 23.5. The summed E-state index contributed by atoms with van der Waals surface area (Å²) in [5.41, 5.74) is 3.91. The van der Waals surface area contributed by atoms with Gasteiger partial charge in [0.05, 0.1) is 28.7 Å². The highest BCUT2D eigenvalue weighted by molar-refractivity contribution is 6.02. The van der Waals surface area contributed by atoms with Crippen molar-refractivity contribution in [2.75, 3.05) is 23.7 Å². The topological polar surface area (TPSA) is 91.5 Å². The number of phenols is 1. The molecule has 4 rings (SSSR count). The highest BCUT2D eigenvalue weighted by Gasteiger charge is 2.59. The van der Waals surface area contributed by atoms with Crippen LogP contribution < -0.4 is 16.0 Å². The van der Waals surface area contributed by atoms with Gasteiger partial charge in [-0.2, -0.15) is 13.2 Å². The lowest BCUT2D eigenvalue weighted by Crippen LogP contribution is -2.49. The lowest BCUT2D eigenvalue weighted by molar-refractivity contribution is -0.138. The molecule has 2 aliphatic rings. The van der Waals surface area contributed by atoms with Crippen LogP contribution in [0.2, 0.25) is 0 Å². The van der Waals surface area contributed by atoms with Crippen LogP contribution in [0.4, 0.5) is 24.5 Å². The SMILES string of the molecule is CC(C)(C)C(=O)N1c2c(O)ccc(C(F)(F)F)c2C2(CCNCC2)C1c1ncccc1N. The van der Waals surface area contributed by atoms with Gasteiger partial charge < -0.3 is 16.2 Å². The number of carbonyl (C=O) groups excluding carboxylic acids is 1. The second-order valence-electron chi connectivity index (χ2n) is 9.57. The molecule has 2 aromatic rings. The number of hydrogen-bond acceptors (Lipinski definition) is 5. The molecule has 1 atom stereocenters. The van der Waals surface area contributed by atoms with E-state index in [1.54, 1.807) is 32.9 Å². The third-order valence-corrected chi connectivity index (χ3v) is 6.47. The maximum atomic E-state index is 14.2. The van der Waals surface area contributed by atoms with E-state index in [0.29, 0.717) is 37.3 Å². The number of nitrogens with zero attached hydrogens (tertiary/aromatic N) is 2. The molecule has 2 aliphatic heterocycles. The number of pyridine rings is 1. The van der Waals surface area contributed by atoms with Gasteiger partial charge in [-0.1, -0.05) is 20.8 Å². The third-order valence-electron chi connectivity index (χ3n) is 6.47. The Morgan fingerprint density at radius 3 is 2.44 bits per heavy atom. The van der Waals surface area contributed by atoms with E-state index in [9.17, 15) is 23.1 Å². The fraction of sp³-hybridized carbons (Fsp3) is 0.478. The van der Waals surface area contributed by atoms with Crippen molar-refractivity contribution >= 4 is 17.3 Å². The minimum atomic E-state index is -4.66. The molecule has 1 amide bonds. The van der Waals surface area contributed by atoms with Crippen LogP contribution in [0.1, 0.15) is 56.5 Å². The largest absolute Gasteiger partial charge is 0.506 e. The monoisotopic (exact) mass is 448 g/mol. The Morgan fingerprint density at radius 2 is 1.88 bits per heavy atom. The van der Waals surface area contributed by atoms with Gasteiger partial charge in [0.2, 0.25) is 5.91 Å². The predicted molar refractivity (Wildman–Crippen MR) is 115 cm³/mol. The molecule has 0 saturated carbocycles. The van der Waals surface area contributed by atoms with E-state index in [1.165, 1.54) is 11.1 Å². The number of alkyl halides is 3. The van der Waals surface area contributed by atoms with Crippen molar-refractivity contribution in [2.24, 2.45) is 5.41 Å². The summed E-state index contributed by atoms with van der Waals surface area (Å²) in [6, 6.07) is 4.32. The van der Waals surface area contributed by atoms with Crippen molar-refractivity contribution in [1.82, 2.24) is 10.3 Å². The average Bonchev–Trinajstić information content (AvgIpc) is 2.98. The van der Waals surface area contributed by atoms with E-state index in [1.807, 2.05) is 0 Å². The number of phenolic OH excluding ortho intramolecular Hbond substituents is 1. The molecule has 32 heavy (non-hydrogen) atoms. The highest BCUT2D eigenvalue weighted by Crippen LogP contribution is 2.63. The van der Waals surface area contributed by atoms with Gasteiger partial charge in [0.25, 0.3) is 0 Å². The second-order valence-corrected chi connectivity index (χ2v) is 9.57. The lowest BCUT2D eigenvalue weighted by Gasteiger charge is -2.43. The highest BCUT2D eigenvalue weighted by atomic mass is 19.4. The maximum absolute atomic E-state index is 14.2. The number of piperidine rings is 1. The molecular formula is C23H27F3N4O2. The van der Waals surface area contributed by atoms with Crippen molar-refractivity contribution in [2.45, 2.75) is 51.2 Å². The first kappa shape index (κ1) is 22.4. The molecule has 1 fully saturated rings. The summed E-state index contributed by atoms with van der Waals surface area (Å²) in [5.74, 6) is -0.764. The minimum absolute atomic E-state index is 0.0425. The van der Waals surface area contributed by atoms with Crippen LogP contribution >= 0.6 is 0 Å². The number of aromatic hydroxyl groups is 1. The Balaban J connectivity index is 2.13. The Morgan fingerprint density at radius 1 is 1.22 bits per heavy atom. The molecule has 0 aliphatic carbocycles. The quantitative estimate of drug-likeness (QED) is 0.610. The molecule has 0 radical (unpaired) electrons. The van der Waals surface area contributed by atoms with Gasteiger partial charge in [0.15, 0.2) is 0 Å². The van der Waals surface area contributed by atoms with Gasteiger partial charge in [-0.05, 0) is 50.2 Å². The van der Waals surface area contributed by atoms with Gasteiger partial charge in [0, 0.05) is 22.6 Å². The number of fused-ring (bicyclic) bond motifs is 2. The fourth-order valence-corrected chi connectivity index (χ4v) is 5.10. The van der Waals surface area contributed by atoms with Crippen LogP contribution in [0.15, 0.2) is 30.5 Å². The predicted octanol–water partition coefficient (Wildman–Crippen LogP) is 4.14. The molecule has 1 aromatic carbocycles. The molecular weight excluding hydrogens is 421 g/mol. The fourth-order valence-electron chi connectivity index (χ4n) is 5.10. The molecule has 4 N–H and O–H groups in total. The average molecular weight is 448 g/mol. The van der Waals surface area contributed by atoms with Crippen LogP contribution in [0, 0.1) is 5.41 Å². The van der Waals surface area contributed by atoms with E-state index in [0.717, 1.165) is 12.1 Å². The van der Waals surface area contributed by atoms with Crippen molar-refractivity contribution < 1.29 is 23.1 Å². The van der Waals surface area contributed by atoms with Gasteiger partial charge in [-0.25, -0.2) is 0 Å². The van der Waals surface area contributed by atoms with E-state index < -0.39 is 34.5 Å². The van der Waals surface area contributed by atoms with Crippen LogP contribution in [0.25, 0.3) is 0 Å². The van der Waals surface area contributed by atoms with Gasteiger partial charge >= 0.3 is 6.18 Å². The Labute approximate surface area is 184 Å². The summed E-state index contributed by atoms with van der Waals surface area (Å²) in [6.07, 6.45) is -2.47. The number of aromatic nitrogens is 1. The number of amides is 1. The smallest absolute Gasteiger partial charge is 0.416 e. The molecule has 1 saturated heterocycles. The summed E-state index contributed by atoms with van der Waals surface area (Å²) in [5, 5.41) is 14.0. The number of hydrogen-bond donors (Lipinski definition) is 3. The zero-order valence-corrected chi connectivity index (χ0v) is 18.3. The van der Waals surface area contributed by atoms with E-state index in [2.05, 4.69) is 10.3 Å². The number of carbonyl (C=O) groups is 1. The molecule has 3 heterocycles. The zero-order valence-electron chi connectivity index (χ0n) is 18.3.